The van der Waals surface area contributed by atoms with Gasteiger partial charge >= 0.3 is 0 Å². The zero-order valence-electron chi connectivity index (χ0n) is 10.0. The molecule has 1 aliphatic rings. The summed E-state index contributed by atoms with van der Waals surface area (Å²) < 4.78 is 0. The first-order valence-electron chi connectivity index (χ1n) is 5.59. The molecule has 0 aromatic heterocycles. The Morgan fingerprint density at radius 1 is 1.07 bits per heavy atom. The minimum atomic E-state index is 0.178. The number of aromatic hydroxyl groups is 1. The minimum absolute atomic E-state index is 0.178. The van der Waals surface area contributed by atoms with Crippen LogP contribution in [0.5, 0.6) is 5.75 Å². The van der Waals surface area contributed by atoms with Gasteiger partial charge < -0.3 is 5.11 Å². The summed E-state index contributed by atoms with van der Waals surface area (Å²) in [7, 11) is 0. The van der Waals surface area contributed by atoms with Gasteiger partial charge in [-0.15, -0.1) is 0 Å². The van der Waals surface area contributed by atoms with Gasteiger partial charge in [-0.1, -0.05) is 27.7 Å². The molecule has 0 spiro atoms. The fraction of sp³-hybridized carbons (Fsp3) is 0.571. The first-order valence-corrected chi connectivity index (χ1v) is 5.59. The molecule has 0 amide bonds. The molecule has 15 heavy (non-hydrogen) atoms. The molecule has 0 saturated carbocycles. The maximum atomic E-state index is 9.54. The summed E-state index contributed by atoms with van der Waals surface area (Å²) in [6.07, 6.45) is 2.38. The highest BCUT2D eigenvalue weighted by Crippen LogP contribution is 2.46. The highest BCUT2D eigenvalue weighted by atomic mass is 16.3. The Balaban J connectivity index is 2.64. The third-order valence-corrected chi connectivity index (χ3v) is 3.77. The van der Waals surface area contributed by atoms with Crippen molar-refractivity contribution >= 4 is 0 Å². The van der Waals surface area contributed by atoms with E-state index in [9.17, 15) is 5.11 Å². The highest BCUT2D eigenvalue weighted by molar-refractivity contribution is 5.44. The van der Waals surface area contributed by atoms with Crippen LogP contribution in [0.2, 0.25) is 0 Å². The molecular weight excluding hydrogens is 184 g/mol. The van der Waals surface area contributed by atoms with E-state index in [0.29, 0.717) is 0 Å². The van der Waals surface area contributed by atoms with Crippen LogP contribution in [-0.4, -0.2) is 5.11 Å². The van der Waals surface area contributed by atoms with Gasteiger partial charge in [0.05, 0.1) is 0 Å². The summed E-state index contributed by atoms with van der Waals surface area (Å²) in [5.41, 5.74) is 3.03. The van der Waals surface area contributed by atoms with E-state index in [1.807, 2.05) is 12.1 Å². The molecule has 2 rings (SSSR count). The molecule has 0 saturated heterocycles. The molecule has 1 aromatic rings. The van der Waals surface area contributed by atoms with Crippen LogP contribution in [0.3, 0.4) is 0 Å². The largest absolute Gasteiger partial charge is 0.507 e. The van der Waals surface area contributed by atoms with E-state index in [2.05, 4.69) is 33.8 Å². The van der Waals surface area contributed by atoms with E-state index in [4.69, 9.17) is 0 Å². The Kier molecular flexibility index (Phi) is 2.11. The number of fused-ring (bicyclic) bond motifs is 1. The molecule has 0 fully saturated rings. The second kappa shape index (κ2) is 3.01. The third-order valence-electron chi connectivity index (χ3n) is 3.77. The minimum Gasteiger partial charge on any atom is -0.507 e. The number of rotatable bonds is 0. The Morgan fingerprint density at radius 2 is 1.60 bits per heavy atom. The zero-order chi connectivity index (χ0) is 11.3. The highest BCUT2D eigenvalue weighted by Gasteiger charge is 2.36. The molecule has 81 valence electrons. The SMILES string of the molecule is CC1(C)CCC(C)(C)c2cc(O)[c]cc21. The van der Waals surface area contributed by atoms with Crippen molar-refractivity contribution < 1.29 is 5.11 Å². The molecule has 0 aliphatic heterocycles. The summed E-state index contributed by atoms with van der Waals surface area (Å²) in [5, 5.41) is 9.54. The summed E-state index contributed by atoms with van der Waals surface area (Å²) in [5.74, 6) is 0.263. The van der Waals surface area contributed by atoms with Crippen molar-refractivity contribution in [1.82, 2.24) is 0 Å². The van der Waals surface area contributed by atoms with Crippen LogP contribution in [0.4, 0.5) is 0 Å². The predicted octanol–water partition coefficient (Wildman–Crippen LogP) is 3.54. The van der Waals surface area contributed by atoms with Gasteiger partial charge in [0.25, 0.3) is 0 Å². The van der Waals surface area contributed by atoms with E-state index in [1.54, 1.807) is 0 Å². The topological polar surface area (TPSA) is 20.2 Å². The fourth-order valence-corrected chi connectivity index (χ4v) is 2.49. The van der Waals surface area contributed by atoms with Crippen molar-refractivity contribution in [3.8, 4) is 5.75 Å². The Bertz CT molecular complexity index is 388. The van der Waals surface area contributed by atoms with Crippen molar-refractivity contribution in [2.45, 2.75) is 51.4 Å². The van der Waals surface area contributed by atoms with E-state index >= 15 is 0 Å². The zero-order valence-corrected chi connectivity index (χ0v) is 10.0. The number of benzene rings is 1. The first kappa shape index (κ1) is 10.5. The summed E-state index contributed by atoms with van der Waals surface area (Å²) in [6.45, 7) is 9.04. The van der Waals surface area contributed by atoms with Crippen LogP contribution in [-0.2, 0) is 10.8 Å². The second-order valence-corrected chi connectivity index (χ2v) is 5.91. The van der Waals surface area contributed by atoms with Gasteiger partial charge in [-0.05, 0) is 46.9 Å². The third kappa shape index (κ3) is 1.64. The molecule has 1 radical (unpaired) electrons. The molecule has 0 bridgehead atoms. The summed E-state index contributed by atoms with van der Waals surface area (Å²) in [4.78, 5) is 0. The lowest BCUT2D eigenvalue weighted by atomic mass is 9.63. The number of hydrogen-bond acceptors (Lipinski definition) is 1. The van der Waals surface area contributed by atoms with Crippen molar-refractivity contribution in [3.05, 3.63) is 29.3 Å². The Morgan fingerprint density at radius 3 is 2.20 bits per heavy atom. The van der Waals surface area contributed by atoms with Gasteiger partial charge in [0.2, 0.25) is 0 Å². The van der Waals surface area contributed by atoms with Gasteiger partial charge in [0.1, 0.15) is 5.75 Å². The van der Waals surface area contributed by atoms with Crippen LogP contribution < -0.4 is 0 Å². The average molecular weight is 203 g/mol. The fourth-order valence-electron chi connectivity index (χ4n) is 2.49. The van der Waals surface area contributed by atoms with Gasteiger partial charge in [0, 0.05) is 6.07 Å². The van der Waals surface area contributed by atoms with Crippen molar-refractivity contribution in [3.63, 3.8) is 0 Å². The number of phenolic OH excluding ortho intramolecular Hbond substituents is 1. The Hall–Kier alpha value is -0.980. The summed E-state index contributed by atoms with van der Waals surface area (Å²) >= 11 is 0. The van der Waals surface area contributed by atoms with Crippen molar-refractivity contribution in [2.24, 2.45) is 0 Å². The van der Waals surface area contributed by atoms with Crippen LogP contribution >= 0.6 is 0 Å². The van der Waals surface area contributed by atoms with Crippen molar-refractivity contribution in [2.75, 3.05) is 0 Å². The molecule has 0 unspecified atom stereocenters. The standard InChI is InChI=1S/C14H19O/c1-13(2)7-8-14(3,4)12-9-10(15)5-6-11(12)13/h6,9,15H,7-8H2,1-4H3. The molecule has 1 aliphatic carbocycles. The average Bonchev–Trinajstić information content (AvgIpc) is 2.13. The van der Waals surface area contributed by atoms with Crippen LogP contribution in [0, 0.1) is 6.07 Å². The second-order valence-electron chi connectivity index (χ2n) is 5.91. The van der Waals surface area contributed by atoms with Gasteiger partial charge in [-0.3, -0.25) is 0 Å². The number of hydrogen-bond donors (Lipinski definition) is 1. The predicted molar refractivity (Wildman–Crippen MR) is 62.2 cm³/mol. The van der Waals surface area contributed by atoms with Crippen molar-refractivity contribution in [1.29, 1.82) is 0 Å². The lowest BCUT2D eigenvalue weighted by Crippen LogP contribution is -2.33. The first-order chi connectivity index (χ1) is 6.83. The molecular formula is C14H19O. The lowest BCUT2D eigenvalue weighted by molar-refractivity contribution is 0.329. The lowest BCUT2D eigenvalue weighted by Gasteiger charge is -2.41. The van der Waals surface area contributed by atoms with Crippen LogP contribution in [0.25, 0.3) is 0 Å². The van der Waals surface area contributed by atoms with E-state index in [0.717, 1.165) is 0 Å². The smallest absolute Gasteiger partial charge is 0.123 e. The molecule has 0 heterocycles. The molecule has 1 aromatic carbocycles. The molecule has 1 heteroatoms. The van der Waals surface area contributed by atoms with E-state index < -0.39 is 0 Å². The van der Waals surface area contributed by atoms with E-state index in [1.165, 1.54) is 24.0 Å². The monoisotopic (exact) mass is 203 g/mol. The van der Waals surface area contributed by atoms with Gasteiger partial charge in [-0.2, -0.15) is 0 Å². The van der Waals surface area contributed by atoms with Gasteiger partial charge in [-0.25, -0.2) is 0 Å². The maximum absolute atomic E-state index is 9.54. The number of phenols is 1. The molecule has 0 atom stereocenters. The van der Waals surface area contributed by atoms with E-state index in [-0.39, 0.29) is 16.6 Å². The molecule has 1 N–H and O–H groups in total. The quantitative estimate of drug-likeness (QED) is 0.683. The maximum Gasteiger partial charge on any atom is 0.123 e. The van der Waals surface area contributed by atoms with Gasteiger partial charge in [0.15, 0.2) is 0 Å². The summed E-state index contributed by atoms with van der Waals surface area (Å²) in [6, 6.07) is 6.76. The normalized spacial score (nSPS) is 22.1. The van der Waals surface area contributed by atoms with Crippen LogP contribution in [0.1, 0.15) is 51.7 Å². The Labute approximate surface area is 92.1 Å². The van der Waals surface area contributed by atoms with Crippen LogP contribution in [0.15, 0.2) is 12.1 Å². The molecule has 1 nitrogen and oxygen atoms in total.